The Hall–Kier alpha value is -2.56. The lowest BCUT2D eigenvalue weighted by atomic mass is 9.85. The minimum Gasteiger partial charge on any atom is -0.507 e. The monoisotopic (exact) mass is 257 g/mol. The molecular weight excluding hydrogens is 246 g/mol. The number of nitrogen functional groups attached to an aromatic ring is 1. The summed E-state index contributed by atoms with van der Waals surface area (Å²) in [6, 6.07) is 4.72. The maximum atomic E-state index is 11.9. The average Bonchev–Trinajstić information content (AvgIpc) is 2.38. The summed E-state index contributed by atoms with van der Waals surface area (Å²) in [5.41, 5.74) is 5.82. The van der Waals surface area contributed by atoms with Crippen molar-refractivity contribution in [3.8, 4) is 11.5 Å². The molecule has 2 aromatic carbocycles. The zero-order chi connectivity index (χ0) is 13.7. The molecule has 0 aromatic heterocycles. The minimum absolute atomic E-state index is 0.0388. The van der Waals surface area contributed by atoms with Gasteiger partial charge in [0.05, 0.1) is 16.5 Å². The number of phenolic OH excluding ortho intramolecular Hbond substituents is 2. The van der Waals surface area contributed by atoms with Crippen molar-refractivity contribution in [2.24, 2.45) is 0 Å². The molecule has 0 fully saturated rings. The van der Waals surface area contributed by atoms with Gasteiger partial charge in [-0.15, -0.1) is 0 Å². The average molecular weight is 257 g/mol. The second-order valence-corrected chi connectivity index (χ2v) is 4.56. The quantitative estimate of drug-likeness (QED) is 0.495. The number of phenols is 2. The van der Waals surface area contributed by atoms with E-state index in [9.17, 15) is 19.8 Å². The number of ketones is 2. The van der Waals surface area contributed by atoms with Gasteiger partial charge in [0, 0.05) is 23.9 Å². The third kappa shape index (κ3) is 1.41. The van der Waals surface area contributed by atoms with E-state index >= 15 is 0 Å². The molecule has 0 saturated heterocycles. The molecule has 0 unspecified atom stereocenters. The Bertz CT molecular complexity index is 749. The van der Waals surface area contributed by atoms with E-state index in [0.29, 0.717) is 0 Å². The van der Waals surface area contributed by atoms with Crippen molar-refractivity contribution in [1.82, 2.24) is 0 Å². The summed E-state index contributed by atoms with van der Waals surface area (Å²) in [6.45, 7) is 0. The summed E-state index contributed by atoms with van der Waals surface area (Å²) >= 11 is 0. The number of hydrogen-bond acceptors (Lipinski definition) is 5. The fraction of sp³-hybridized carbons (Fsp3) is 0.143. The van der Waals surface area contributed by atoms with E-state index in [2.05, 4.69) is 0 Å². The zero-order valence-corrected chi connectivity index (χ0v) is 9.93. The number of rotatable bonds is 0. The molecule has 0 atom stereocenters. The van der Waals surface area contributed by atoms with Crippen LogP contribution in [0.4, 0.5) is 5.69 Å². The maximum Gasteiger partial charge on any atom is 0.167 e. The van der Waals surface area contributed by atoms with Gasteiger partial charge in [0.15, 0.2) is 11.6 Å². The third-order valence-electron chi connectivity index (χ3n) is 3.45. The van der Waals surface area contributed by atoms with Crippen molar-refractivity contribution in [1.29, 1.82) is 0 Å². The molecule has 1 aliphatic rings. The Morgan fingerprint density at radius 1 is 0.947 bits per heavy atom. The summed E-state index contributed by atoms with van der Waals surface area (Å²) in [7, 11) is 0. The number of nitrogens with two attached hydrogens (primary N) is 1. The van der Waals surface area contributed by atoms with Crippen LogP contribution in [0.2, 0.25) is 0 Å². The molecule has 0 amide bonds. The van der Waals surface area contributed by atoms with Gasteiger partial charge in [-0.25, -0.2) is 0 Å². The predicted molar refractivity (Wildman–Crippen MR) is 69.6 cm³/mol. The van der Waals surface area contributed by atoms with Gasteiger partial charge in [0.25, 0.3) is 0 Å². The molecule has 5 heteroatoms. The van der Waals surface area contributed by atoms with Crippen LogP contribution < -0.4 is 5.73 Å². The van der Waals surface area contributed by atoms with Gasteiger partial charge in [-0.05, 0) is 6.07 Å². The molecular formula is C14H11NO4. The van der Waals surface area contributed by atoms with Crippen molar-refractivity contribution in [2.75, 3.05) is 5.73 Å². The molecule has 0 aliphatic heterocycles. The number of benzene rings is 2. The predicted octanol–water partition coefficient (Wildman–Crippen LogP) is 1.99. The number of carbonyl (C=O) groups is 2. The highest BCUT2D eigenvalue weighted by Crippen LogP contribution is 2.44. The van der Waals surface area contributed by atoms with Crippen LogP contribution >= 0.6 is 0 Å². The van der Waals surface area contributed by atoms with E-state index in [1.165, 1.54) is 0 Å². The fourth-order valence-electron chi connectivity index (χ4n) is 2.55. The Kier molecular flexibility index (Phi) is 2.25. The van der Waals surface area contributed by atoms with Gasteiger partial charge < -0.3 is 15.9 Å². The van der Waals surface area contributed by atoms with E-state index in [4.69, 9.17) is 5.73 Å². The van der Waals surface area contributed by atoms with Gasteiger partial charge in [0.1, 0.15) is 11.5 Å². The Labute approximate surface area is 108 Å². The standard InChI is InChI=1S/C14H11NO4/c15-7-3-1-2-6-10(7)14(19)12-9(17)5-4-8(16)11(12)13(6)18/h1-3,18-19H,4-5,15H2. The molecule has 0 heterocycles. The van der Waals surface area contributed by atoms with Gasteiger partial charge in [-0.2, -0.15) is 0 Å². The second-order valence-electron chi connectivity index (χ2n) is 4.56. The van der Waals surface area contributed by atoms with E-state index in [0.717, 1.165) is 0 Å². The highest BCUT2D eigenvalue weighted by Gasteiger charge is 2.32. The van der Waals surface area contributed by atoms with Crippen LogP contribution in [0, 0.1) is 0 Å². The van der Waals surface area contributed by atoms with Gasteiger partial charge in [-0.3, -0.25) is 9.59 Å². The summed E-state index contributed by atoms with van der Waals surface area (Å²) in [5, 5.41) is 20.9. The number of anilines is 1. The first kappa shape index (κ1) is 11.5. The second kappa shape index (κ2) is 3.71. The maximum absolute atomic E-state index is 11.9. The SMILES string of the molecule is Nc1cccc2c(O)c3c(c(O)c12)C(=O)CCC3=O. The van der Waals surface area contributed by atoms with Crippen LogP contribution in [0.15, 0.2) is 18.2 Å². The molecule has 3 rings (SSSR count). The van der Waals surface area contributed by atoms with E-state index in [1.54, 1.807) is 18.2 Å². The van der Waals surface area contributed by atoms with Gasteiger partial charge >= 0.3 is 0 Å². The van der Waals surface area contributed by atoms with Gasteiger partial charge in [0.2, 0.25) is 0 Å². The van der Waals surface area contributed by atoms with Crippen molar-refractivity contribution in [3.05, 3.63) is 29.3 Å². The molecule has 0 saturated carbocycles. The number of aromatic hydroxyl groups is 2. The highest BCUT2D eigenvalue weighted by atomic mass is 16.3. The molecule has 2 aromatic rings. The summed E-state index contributed by atoms with van der Waals surface area (Å²) in [4.78, 5) is 23.8. The molecule has 0 spiro atoms. The lowest BCUT2D eigenvalue weighted by Gasteiger charge is -2.19. The first-order chi connectivity index (χ1) is 9.02. The molecule has 4 N–H and O–H groups in total. The smallest absolute Gasteiger partial charge is 0.167 e. The molecule has 5 nitrogen and oxygen atoms in total. The lowest BCUT2D eigenvalue weighted by molar-refractivity contribution is 0.0885. The molecule has 96 valence electrons. The van der Waals surface area contributed by atoms with Crippen LogP contribution in [-0.2, 0) is 0 Å². The fourth-order valence-corrected chi connectivity index (χ4v) is 2.55. The van der Waals surface area contributed by atoms with E-state index in [1.807, 2.05) is 0 Å². The van der Waals surface area contributed by atoms with E-state index in [-0.39, 0.29) is 63.5 Å². The summed E-state index contributed by atoms with van der Waals surface area (Å²) in [6.07, 6.45) is 0.0870. The van der Waals surface area contributed by atoms with Crippen molar-refractivity contribution >= 4 is 28.0 Å². The highest BCUT2D eigenvalue weighted by molar-refractivity contribution is 6.22. The number of hydrogen-bond donors (Lipinski definition) is 3. The van der Waals surface area contributed by atoms with Crippen LogP contribution in [0.25, 0.3) is 10.8 Å². The minimum atomic E-state index is -0.354. The van der Waals surface area contributed by atoms with Crippen LogP contribution in [0.3, 0.4) is 0 Å². The molecule has 1 aliphatic carbocycles. The van der Waals surface area contributed by atoms with Crippen LogP contribution in [0.1, 0.15) is 33.6 Å². The van der Waals surface area contributed by atoms with E-state index < -0.39 is 0 Å². The largest absolute Gasteiger partial charge is 0.507 e. The molecule has 0 radical (unpaired) electrons. The van der Waals surface area contributed by atoms with Gasteiger partial charge in [-0.1, -0.05) is 12.1 Å². The van der Waals surface area contributed by atoms with Crippen molar-refractivity contribution in [2.45, 2.75) is 12.8 Å². The molecule has 0 bridgehead atoms. The van der Waals surface area contributed by atoms with Crippen LogP contribution in [-0.4, -0.2) is 21.8 Å². The Balaban J connectivity index is 2.57. The number of fused-ring (bicyclic) bond motifs is 2. The topological polar surface area (TPSA) is 101 Å². The first-order valence-corrected chi connectivity index (χ1v) is 5.85. The molecule has 19 heavy (non-hydrogen) atoms. The summed E-state index contributed by atoms with van der Waals surface area (Å²) < 4.78 is 0. The summed E-state index contributed by atoms with van der Waals surface area (Å²) in [5.74, 6) is -1.30. The van der Waals surface area contributed by atoms with Crippen molar-refractivity contribution in [3.63, 3.8) is 0 Å². The lowest BCUT2D eigenvalue weighted by Crippen LogP contribution is -2.17. The number of Topliss-reactive ketones (excluding diaryl/α,β-unsaturated/α-hetero) is 2. The number of carbonyl (C=O) groups excluding carboxylic acids is 2. The normalized spacial score (nSPS) is 14.7. The Morgan fingerprint density at radius 3 is 2.16 bits per heavy atom. The third-order valence-corrected chi connectivity index (χ3v) is 3.45. The Morgan fingerprint density at radius 2 is 1.53 bits per heavy atom. The first-order valence-electron chi connectivity index (χ1n) is 5.85. The van der Waals surface area contributed by atoms with Crippen LogP contribution in [0.5, 0.6) is 11.5 Å². The van der Waals surface area contributed by atoms with Crippen molar-refractivity contribution < 1.29 is 19.8 Å². The zero-order valence-electron chi connectivity index (χ0n) is 9.93.